The highest BCUT2D eigenvalue weighted by atomic mass is 79.9. The van der Waals surface area contributed by atoms with Crippen LogP contribution in [0.1, 0.15) is 23.2 Å². The summed E-state index contributed by atoms with van der Waals surface area (Å²) in [5, 5.41) is 0. The predicted molar refractivity (Wildman–Crippen MR) is 79.4 cm³/mol. The van der Waals surface area contributed by atoms with Gasteiger partial charge in [-0.05, 0) is 30.3 Å². The van der Waals surface area contributed by atoms with Crippen LogP contribution < -0.4 is 10.6 Å². The minimum absolute atomic E-state index is 0.214. The Labute approximate surface area is 120 Å². The molecule has 0 bridgehead atoms. The van der Waals surface area contributed by atoms with Crippen LogP contribution in [0.25, 0.3) is 0 Å². The maximum absolute atomic E-state index is 12.3. The lowest BCUT2D eigenvalue weighted by molar-refractivity contribution is 0.0965. The summed E-state index contributed by atoms with van der Waals surface area (Å²) in [7, 11) is 1.68. The van der Waals surface area contributed by atoms with E-state index in [-0.39, 0.29) is 5.91 Å². The van der Waals surface area contributed by atoms with Gasteiger partial charge in [0, 0.05) is 17.9 Å². The van der Waals surface area contributed by atoms with Crippen LogP contribution in [0.4, 0.5) is 11.4 Å². The average Bonchev–Trinajstić information content (AvgIpc) is 2.86. The van der Waals surface area contributed by atoms with Crippen LogP contribution in [0, 0.1) is 0 Å². The van der Waals surface area contributed by atoms with E-state index in [2.05, 4.69) is 15.9 Å². The number of carbonyl (C=O) groups is 1. The first-order chi connectivity index (χ1) is 9.02. The smallest absolute Gasteiger partial charge is 0.293 e. The second-order valence-electron chi connectivity index (χ2n) is 4.19. The molecule has 0 saturated carbocycles. The van der Waals surface area contributed by atoms with E-state index in [1.807, 2.05) is 19.1 Å². The van der Waals surface area contributed by atoms with Crippen molar-refractivity contribution in [2.75, 3.05) is 17.7 Å². The number of benzene rings is 1. The van der Waals surface area contributed by atoms with Crippen LogP contribution in [0.2, 0.25) is 0 Å². The van der Waals surface area contributed by atoms with Gasteiger partial charge in [-0.1, -0.05) is 22.9 Å². The predicted octanol–water partition coefficient (Wildman–Crippen LogP) is 3.46. The Hall–Kier alpha value is -1.75. The summed E-state index contributed by atoms with van der Waals surface area (Å²) in [5.41, 5.74) is 7.11. The average molecular weight is 323 g/mol. The Bertz CT molecular complexity index is 607. The number of amides is 1. The number of nitrogens with two attached hydrogens (primary N) is 1. The van der Waals surface area contributed by atoms with Gasteiger partial charge in [-0.2, -0.15) is 0 Å². The second kappa shape index (κ2) is 5.48. The lowest BCUT2D eigenvalue weighted by Crippen LogP contribution is -2.26. The third-order valence-corrected chi connectivity index (χ3v) is 3.37. The van der Waals surface area contributed by atoms with Crippen molar-refractivity contribution in [3.8, 4) is 0 Å². The molecule has 2 N–H and O–H groups in total. The minimum Gasteiger partial charge on any atom is -0.456 e. The van der Waals surface area contributed by atoms with Crippen molar-refractivity contribution in [2.24, 2.45) is 0 Å². The number of hydrogen-bond donors (Lipinski definition) is 1. The molecule has 1 aromatic carbocycles. The fourth-order valence-electron chi connectivity index (χ4n) is 1.79. The SMILES string of the molecule is CCc1ccc(C(=O)N(C)c2ccc(Br)cc2N)o1. The molecule has 0 aliphatic carbocycles. The first kappa shape index (κ1) is 13.7. The number of halogens is 1. The highest BCUT2D eigenvalue weighted by Gasteiger charge is 2.18. The molecule has 0 fully saturated rings. The molecule has 100 valence electrons. The van der Waals surface area contributed by atoms with E-state index in [4.69, 9.17) is 10.2 Å². The summed E-state index contributed by atoms with van der Waals surface area (Å²) >= 11 is 3.34. The van der Waals surface area contributed by atoms with Gasteiger partial charge in [0.1, 0.15) is 5.76 Å². The molecule has 2 aromatic rings. The zero-order valence-corrected chi connectivity index (χ0v) is 12.4. The third kappa shape index (κ3) is 2.81. The van der Waals surface area contributed by atoms with E-state index in [1.165, 1.54) is 4.90 Å². The van der Waals surface area contributed by atoms with Gasteiger partial charge in [-0.15, -0.1) is 0 Å². The van der Waals surface area contributed by atoms with Gasteiger partial charge in [-0.3, -0.25) is 4.79 Å². The summed E-state index contributed by atoms with van der Waals surface area (Å²) in [6, 6.07) is 8.90. The van der Waals surface area contributed by atoms with Gasteiger partial charge in [0.25, 0.3) is 5.91 Å². The quantitative estimate of drug-likeness (QED) is 0.880. The fourth-order valence-corrected chi connectivity index (χ4v) is 2.17. The van der Waals surface area contributed by atoms with Crippen molar-refractivity contribution in [2.45, 2.75) is 13.3 Å². The zero-order valence-electron chi connectivity index (χ0n) is 10.8. The molecule has 5 heteroatoms. The molecule has 2 rings (SSSR count). The van der Waals surface area contributed by atoms with E-state index in [9.17, 15) is 4.79 Å². The molecule has 0 unspecified atom stereocenters. The Balaban J connectivity index is 2.27. The summed E-state index contributed by atoms with van der Waals surface area (Å²) in [4.78, 5) is 13.8. The standard InChI is InChI=1S/C14H15BrN2O2/c1-3-10-5-7-13(19-10)14(18)17(2)12-6-4-9(15)8-11(12)16/h4-8H,3,16H2,1-2H3. The van der Waals surface area contributed by atoms with Crippen molar-refractivity contribution in [3.63, 3.8) is 0 Å². The highest BCUT2D eigenvalue weighted by molar-refractivity contribution is 9.10. The van der Waals surface area contributed by atoms with E-state index in [0.29, 0.717) is 17.1 Å². The van der Waals surface area contributed by atoms with E-state index < -0.39 is 0 Å². The molecule has 1 aromatic heterocycles. The molecule has 0 radical (unpaired) electrons. The summed E-state index contributed by atoms with van der Waals surface area (Å²) in [5.74, 6) is 0.899. The number of hydrogen-bond acceptors (Lipinski definition) is 3. The van der Waals surface area contributed by atoms with E-state index in [0.717, 1.165) is 16.7 Å². The number of nitrogens with zero attached hydrogens (tertiary/aromatic N) is 1. The van der Waals surface area contributed by atoms with Crippen molar-refractivity contribution in [1.82, 2.24) is 0 Å². The van der Waals surface area contributed by atoms with Crippen molar-refractivity contribution < 1.29 is 9.21 Å². The molecule has 0 aliphatic heterocycles. The maximum Gasteiger partial charge on any atom is 0.293 e. The zero-order chi connectivity index (χ0) is 14.0. The Morgan fingerprint density at radius 2 is 2.11 bits per heavy atom. The third-order valence-electron chi connectivity index (χ3n) is 2.88. The van der Waals surface area contributed by atoms with Gasteiger partial charge in [0.2, 0.25) is 0 Å². The number of aryl methyl sites for hydroxylation is 1. The molecule has 0 spiro atoms. The first-order valence-corrected chi connectivity index (χ1v) is 6.74. The molecule has 1 amide bonds. The number of carbonyl (C=O) groups excluding carboxylic acids is 1. The van der Waals surface area contributed by atoms with Crippen LogP contribution in [-0.4, -0.2) is 13.0 Å². The van der Waals surface area contributed by atoms with E-state index in [1.54, 1.807) is 25.2 Å². The minimum atomic E-state index is -0.214. The van der Waals surface area contributed by atoms with Crippen LogP contribution in [0.15, 0.2) is 39.2 Å². The maximum atomic E-state index is 12.3. The van der Waals surface area contributed by atoms with Gasteiger partial charge in [-0.25, -0.2) is 0 Å². The normalized spacial score (nSPS) is 10.5. The monoisotopic (exact) mass is 322 g/mol. The van der Waals surface area contributed by atoms with Gasteiger partial charge in [0.15, 0.2) is 5.76 Å². The molecule has 1 heterocycles. The van der Waals surface area contributed by atoms with Gasteiger partial charge in [0.05, 0.1) is 11.4 Å². The van der Waals surface area contributed by atoms with Crippen LogP contribution in [-0.2, 0) is 6.42 Å². The first-order valence-electron chi connectivity index (χ1n) is 5.94. The summed E-state index contributed by atoms with van der Waals surface area (Å²) in [6.07, 6.45) is 0.761. The molecule has 0 saturated heterocycles. The van der Waals surface area contributed by atoms with E-state index >= 15 is 0 Å². The van der Waals surface area contributed by atoms with Crippen molar-refractivity contribution in [3.05, 3.63) is 46.3 Å². The lowest BCUT2D eigenvalue weighted by Gasteiger charge is -2.18. The molecular formula is C14H15BrN2O2. The molecule has 0 atom stereocenters. The molecule has 19 heavy (non-hydrogen) atoms. The number of furan rings is 1. The fraction of sp³-hybridized carbons (Fsp3) is 0.214. The summed E-state index contributed by atoms with van der Waals surface area (Å²) < 4.78 is 6.34. The van der Waals surface area contributed by atoms with Crippen LogP contribution >= 0.6 is 15.9 Å². The number of nitrogen functional groups attached to an aromatic ring is 1. The Morgan fingerprint density at radius 3 is 2.68 bits per heavy atom. The van der Waals surface area contributed by atoms with Crippen molar-refractivity contribution >= 4 is 33.2 Å². The lowest BCUT2D eigenvalue weighted by atomic mass is 10.2. The second-order valence-corrected chi connectivity index (χ2v) is 5.10. The number of anilines is 2. The highest BCUT2D eigenvalue weighted by Crippen LogP contribution is 2.27. The van der Waals surface area contributed by atoms with Crippen LogP contribution in [0.3, 0.4) is 0 Å². The Kier molecular flexibility index (Phi) is 3.95. The topological polar surface area (TPSA) is 59.5 Å². The van der Waals surface area contributed by atoms with Gasteiger partial charge >= 0.3 is 0 Å². The Morgan fingerprint density at radius 1 is 1.37 bits per heavy atom. The summed E-state index contributed by atoms with van der Waals surface area (Å²) in [6.45, 7) is 1.98. The van der Waals surface area contributed by atoms with Crippen molar-refractivity contribution in [1.29, 1.82) is 0 Å². The largest absolute Gasteiger partial charge is 0.456 e. The molecular weight excluding hydrogens is 308 g/mol. The van der Waals surface area contributed by atoms with Gasteiger partial charge < -0.3 is 15.1 Å². The number of rotatable bonds is 3. The van der Waals surface area contributed by atoms with Crippen LogP contribution in [0.5, 0.6) is 0 Å². The molecule has 0 aliphatic rings. The molecule has 4 nitrogen and oxygen atoms in total.